The summed E-state index contributed by atoms with van der Waals surface area (Å²) in [4.78, 5) is 4.65. The predicted octanol–water partition coefficient (Wildman–Crippen LogP) is 3.34. The maximum Gasteiger partial charge on any atom is 0.133 e. The van der Waals surface area contributed by atoms with Gasteiger partial charge >= 0.3 is 0 Å². The number of aromatic hydroxyl groups is 1. The van der Waals surface area contributed by atoms with E-state index in [0.717, 1.165) is 10.0 Å². The second kappa shape index (κ2) is 5.74. The van der Waals surface area contributed by atoms with Crippen molar-refractivity contribution in [1.29, 1.82) is 0 Å². The molecule has 1 aromatic rings. The standard InChI is InChI=1S/C16H24N2O/c1-18(2,3)15-9-10-16(19)13(11-15)12-17-14-7-5-4-6-8-14/h9-12,14H,4-8H2,1-3H3/p+1. The van der Waals surface area contributed by atoms with Gasteiger partial charge in [0.15, 0.2) is 0 Å². The van der Waals surface area contributed by atoms with E-state index in [1.54, 1.807) is 6.07 Å². The molecule has 2 rings (SSSR count). The van der Waals surface area contributed by atoms with E-state index in [1.165, 1.54) is 37.8 Å². The molecule has 0 aliphatic heterocycles. The van der Waals surface area contributed by atoms with Crippen LogP contribution in [0.2, 0.25) is 0 Å². The van der Waals surface area contributed by atoms with Gasteiger partial charge < -0.3 is 5.11 Å². The molecule has 19 heavy (non-hydrogen) atoms. The molecule has 0 heterocycles. The lowest BCUT2D eigenvalue weighted by molar-refractivity contribution is 0.444. The first-order valence-corrected chi connectivity index (χ1v) is 7.15. The zero-order chi connectivity index (χ0) is 13.9. The van der Waals surface area contributed by atoms with E-state index in [2.05, 4.69) is 26.1 Å². The quantitative estimate of drug-likeness (QED) is 0.657. The molecule has 0 atom stereocenters. The first kappa shape index (κ1) is 14.1. The fourth-order valence-corrected chi connectivity index (χ4v) is 2.48. The van der Waals surface area contributed by atoms with Gasteiger partial charge in [-0.25, -0.2) is 0 Å². The monoisotopic (exact) mass is 261 g/mol. The van der Waals surface area contributed by atoms with Crippen LogP contribution < -0.4 is 4.48 Å². The number of benzene rings is 1. The summed E-state index contributed by atoms with van der Waals surface area (Å²) >= 11 is 0. The van der Waals surface area contributed by atoms with Gasteiger partial charge in [0, 0.05) is 30.0 Å². The van der Waals surface area contributed by atoms with Crippen LogP contribution in [0.5, 0.6) is 5.75 Å². The molecule has 104 valence electrons. The van der Waals surface area contributed by atoms with Crippen molar-refractivity contribution in [2.45, 2.75) is 38.1 Å². The van der Waals surface area contributed by atoms with Crippen LogP contribution in [0.3, 0.4) is 0 Å². The molecule has 3 heteroatoms. The first-order valence-electron chi connectivity index (χ1n) is 7.15. The predicted molar refractivity (Wildman–Crippen MR) is 82.1 cm³/mol. The lowest BCUT2D eigenvalue weighted by Crippen LogP contribution is -2.34. The average molecular weight is 261 g/mol. The summed E-state index contributed by atoms with van der Waals surface area (Å²) in [6, 6.07) is 6.21. The second-order valence-electron chi connectivity index (χ2n) is 6.33. The Balaban J connectivity index is 2.16. The summed E-state index contributed by atoms with van der Waals surface area (Å²) in [5.74, 6) is 0.316. The summed E-state index contributed by atoms with van der Waals surface area (Å²) < 4.78 is 0.741. The number of hydrogen-bond acceptors (Lipinski definition) is 2. The fraction of sp³-hybridized carbons (Fsp3) is 0.562. The van der Waals surface area contributed by atoms with Gasteiger partial charge in [-0.15, -0.1) is 0 Å². The molecule has 0 radical (unpaired) electrons. The molecule has 1 aromatic carbocycles. The van der Waals surface area contributed by atoms with E-state index in [0.29, 0.717) is 11.8 Å². The Kier molecular flexibility index (Phi) is 4.25. The highest BCUT2D eigenvalue weighted by Crippen LogP contribution is 2.25. The van der Waals surface area contributed by atoms with E-state index in [9.17, 15) is 5.11 Å². The van der Waals surface area contributed by atoms with Gasteiger partial charge in [0.2, 0.25) is 0 Å². The minimum absolute atomic E-state index is 0.316. The lowest BCUT2D eigenvalue weighted by Gasteiger charge is -2.23. The SMILES string of the molecule is C[N+](C)(C)c1ccc(O)c(C=NC2CCCCC2)c1. The second-order valence-corrected chi connectivity index (χ2v) is 6.33. The molecule has 3 nitrogen and oxygen atoms in total. The Bertz CT molecular complexity index is 454. The number of quaternary nitrogens is 1. The Morgan fingerprint density at radius 1 is 1.16 bits per heavy atom. The highest BCUT2D eigenvalue weighted by molar-refractivity contribution is 5.85. The van der Waals surface area contributed by atoms with Gasteiger partial charge in [0.05, 0.1) is 21.1 Å². The zero-order valence-corrected chi connectivity index (χ0v) is 12.3. The van der Waals surface area contributed by atoms with Crippen molar-refractivity contribution < 1.29 is 5.11 Å². The lowest BCUT2D eigenvalue weighted by atomic mass is 9.96. The third kappa shape index (κ3) is 3.80. The minimum Gasteiger partial charge on any atom is -0.507 e. The Labute approximate surface area is 116 Å². The molecule has 1 aliphatic rings. The average Bonchev–Trinajstić information content (AvgIpc) is 2.37. The van der Waals surface area contributed by atoms with Crippen molar-refractivity contribution in [2.75, 3.05) is 21.1 Å². The minimum atomic E-state index is 0.316. The largest absolute Gasteiger partial charge is 0.507 e. The van der Waals surface area contributed by atoms with Crippen LogP contribution in [-0.4, -0.2) is 38.5 Å². The summed E-state index contributed by atoms with van der Waals surface area (Å²) in [6.45, 7) is 0. The highest BCUT2D eigenvalue weighted by atomic mass is 16.3. The van der Waals surface area contributed by atoms with Crippen LogP contribution in [0.15, 0.2) is 23.2 Å². The third-order valence-electron chi connectivity index (χ3n) is 3.78. The Morgan fingerprint density at radius 3 is 2.47 bits per heavy atom. The van der Waals surface area contributed by atoms with Crippen molar-refractivity contribution in [2.24, 2.45) is 4.99 Å². The van der Waals surface area contributed by atoms with Gasteiger partial charge in [-0.05, 0) is 18.9 Å². The molecule has 0 amide bonds. The van der Waals surface area contributed by atoms with Gasteiger partial charge in [-0.1, -0.05) is 19.3 Å². The molecule has 0 saturated heterocycles. The molecular formula is C16H25N2O+. The summed E-state index contributed by atoms with van der Waals surface area (Å²) in [5, 5.41) is 9.93. The molecular weight excluding hydrogens is 236 g/mol. The van der Waals surface area contributed by atoms with E-state index in [1.807, 2.05) is 18.3 Å². The molecule has 0 aromatic heterocycles. The molecule has 1 aliphatic carbocycles. The van der Waals surface area contributed by atoms with Crippen molar-refractivity contribution in [1.82, 2.24) is 4.48 Å². The molecule has 1 N–H and O–H groups in total. The topological polar surface area (TPSA) is 32.6 Å². The molecule has 1 saturated carbocycles. The smallest absolute Gasteiger partial charge is 0.133 e. The van der Waals surface area contributed by atoms with Crippen LogP contribution in [0.1, 0.15) is 37.7 Å². The van der Waals surface area contributed by atoms with Crippen LogP contribution >= 0.6 is 0 Å². The van der Waals surface area contributed by atoms with Gasteiger partial charge in [0.25, 0.3) is 0 Å². The number of rotatable bonds is 3. The number of aliphatic imine (C=N–C) groups is 1. The molecule has 1 fully saturated rings. The summed E-state index contributed by atoms with van der Waals surface area (Å²) in [7, 11) is 6.36. The maximum absolute atomic E-state index is 9.93. The van der Waals surface area contributed by atoms with E-state index >= 15 is 0 Å². The fourth-order valence-electron chi connectivity index (χ4n) is 2.48. The first-order chi connectivity index (χ1) is 8.97. The van der Waals surface area contributed by atoms with E-state index in [4.69, 9.17) is 0 Å². The Hall–Kier alpha value is -1.35. The van der Waals surface area contributed by atoms with Crippen molar-refractivity contribution in [3.63, 3.8) is 0 Å². The van der Waals surface area contributed by atoms with Gasteiger partial charge in [-0.2, -0.15) is 0 Å². The van der Waals surface area contributed by atoms with Crippen molar-refractivity contribution >= 4 is 11.9 Å². The zero-order valence-electron chi connectivity index (χ0n) is 12.3. The van der Waals surface area contributed by atoms with E-state index < -0.39 is 0 Å². The normalized spacial score (nSPS) is 18.1. The number of hydrogen-bond donors (Lipinski definition) is 1. The van der Waals surface area contributed by atoms with E-state index in [-0.39, 0.29) is 0 Å². The van der Waals surface area contributed by atoms with Crippen LogP contribution in [0.25, 0.3) is 0 Å². The summed E-state index contributed by atoms with van der Waals surface area (Å²) in [6.07, 6.45) is 8.14. The number of nitrogens with zero attached hydrogens (tertiary/aromatic N) is 2. The molecule has 0 bridgehead atoms. The maximum atomic E-state index is 9.93. The highest BCUT2D eigenvalue weighted by Gasteiger charge is 2.15. The third-order valence-corrected chi connectivity index (χ3v) is 3.78. The van der Waals surface area contributed by atoms with Crippen LogP contribution in [0.4, 0.5) is 5.69 Å². The number of phenols is 1. The summed E-state index contributed by atoms with van der Waals surface area (Å²) in [5.41, 5.74) is 2.00. The number of phenolic OH excluding ortho intramolecular Hbond substituents is 1. The molecule has 0 unspecified atom stereocenters. The van der Waals surface area contributed by atoms with Crippen molar-refractivity contribution in [3.05, 3.63) is 23.8 Å². The van der Waals surface area contributed by atoms with Gasteiger partial charge in [0.1, 0.15) is 11.4 Å². The van der Waals surface area contributed by atoms with Crippen LogP contribution in [0, 0.1) is 0 Å². The molecule has 0 spiro atoms. The van der Waals surface area contributed by atoms with Crippen molar-refractivity contribution in [3.8, 4) is 5.75 Å². The van der Waals surface area contributed by atoms with Crippen LogP contribution in [-0.2, 0) is 0 Å². The Morgan fingerprint density at radius 2 is 1.84 bits per heavy atom. The van der Waals surface area contributed by atoms with Gasteiger partial charge in [-0.3, -0.25) is 9.48 Å².